The van der Waals surface area contributed by atoms with E-state index in [2.05, 4.69) is 5.32 Å². The number of aliphatic carboxylic acids is 1. The molecule has 0 aromatic heterocycles. The quantitative estimate of drug-likeness (QED) is 0.275. The fourth-order valence-electron chi connectivity index (χ4n) is 6.07. The first-order valence-corrected chi connectivity index (χ1v) is 14.9. The number of aliphatic hydroxyl groups is 1. The van der Waals surface area contributed by atoms with Crippen LogP contribution in [0.5, 0.6) is 0 Å². The minimum absolute atomic E-state index is 0.0505. The predicted octanol–water partition coefficient (Wildman–Crippen LogP) is 5.58. The average molecular weight is 620 g/mol. The molecule has 3 aromatic rings. The van der Waals surface area contributed by atoms with Crippen LogP contribution in [0.15, 0.2) is 101 Å². The molecule has 4 atom stereocenters. The van der Waals surface area contributed by atoms with Gasteiger partial charge in [0.05, 0.1) is 31.0 Å². The van der Waals surface area contributed by atoms with Crippen LogP contribution in [0, 0.1) is 5.92 Å². The number of fused-ring (bicyclic) bond motifs is 1. The van der Waals surface area contributed by atoms with Gasteiger partial charge in [0.15, 0.2) is 0 Å². The van der Waals surface area contributed by atoms with Crippen LogP contribution in [0.1, 0.15) is 51.0 Å². The Labute approximate surface area is 260 Å². The van der Waals surface area contributed by atoms with Gasteiger partial charge >= 0.3 is 5.97 Å². The van der Waals surface area contributed by atoms with Crippen molar-refractivity contribution in [1.29, 1.82) is 0 Å². The lowest BCUT2D eigenvalue weighted by Gasteiger charge is -2.48. The average Bonchev–Trinajstić information content (AvgIpc) is 3.00. The molecule has 2 aliphatic rings. The Bertz CT molecular complexity index is 1550. The first-order chi connectivity index (χ1) is 20.8. The molecule has 0 fully saturated rings. The molecule has 7 nitrogen and oxygen atoms in total. The van der Waals surface area contributed by atoms with Crippen LogP contribution in [0.2, 0.25) is 0 Å². The molecule has 1 aliphatic carbocycles. The molecule has 0 radical (unpaired) electrons. The first kappa shape index (κ1) is 30.5. The van der Waals surface area contributed by atoms with Gasteiger partial charge in [-0.15, -0.1) is 0 Å². The number of amides is 2. The van der Waals surface area contributed by atoms with E-state index in [1.165, 1.54) is 0 Å². The van der Waals surface area contributed by atoms with Crippen LogP contribution < -0.4 is 5.32 Å². The Morgan fingerprint density at radius 1 is 0.953 bits per heavy atom. The third kappa shape index (κ3) is 6.69. The fraction of sp³-hybridized carbons (Fsp3) is 0.265. The molecule has 5 rings (SSSR count). The number of allylic oxidation sites excluding steroid dienone is 3. The van der Waals surface area contributed by atoms with Gasteiger partial charge in [-0.1, -0.05) is 102 Å². The molecule has 3 N–H and O–H groups in total. The van der Waals surface area contributed by atoms with E-state index >= 15 is 0 Å². The van der Waals surface area contributed by atoms with Gasteiger partial charge in [-0.05, 0) is 47.2 Å². The minimum atomic E-state index is -0.892. The lowest BCUT2D eigenvalue weighted by atomic mass is 9.73. The summed E-state index contributed by atoms with van der Waals surface area (Å²) in [6.07, 6.45) is 4.39. The van der Waals surface area contributed by atoms with Crippen LogP contribution in [0.3, 0.4) is 0 Å². The van der Waals surface area contributed by atoms with Crippen molar-refractivity contribution >= 4 is 41.0 Å². The highest BCUT2D eigenvalue weighted by atomic mass is 35.5. The van der Waals surface area contributed by atoms with Gasteiger partial charge in [0, 0.05) is 28.1 Å². The Balaban J connectivity index is 1.50. The van der Waals surface area contributed by atoms with E-state index in [0.29, 0.717) is 46.1 Å². The third-order valence-corrected chi connectivity index (χ3v) is 8.75. The Morgan fingerprint density at radius 2 is 1.63 bits per heavy atom. The second-order valence-electron chi connectivity index (χ2n) is 10.8. The summed E-state index contributed by atoms with van der Waals surface area (Å²) in [5, 5.41) is 23.7. The predicted molar refractivity (Wildman–Crippen MR) is 166 cm³/mol. The summed E-state index contributed by atoms with van der Waals surface area (Å²) in [5.74, 6) is -2.64. The number of carboxylic acid groups (broad SMARTS) is 1. The maximum absolute atomic E-state index is 14.2. The molecule has 0 bridgehead atoms. The molecule has 1 heterocycles. The summed E-state index contributed by atoms with van der Waals surface area (Å²) in [6.45, 7) is -0.0101. The number of nitrogens with one attached hydrogen (secondary N) is 1. The van der Waals surface area contributed by atoms with Crippen LogP contribution in [0.4, 0.5) is 0 Å². The van der Waals surface area contributed by atoms with Gasteiger partial charge in [0.2, 0.25) is 5.91 Å². The number of hydrogen-bond acceptors (Lipinski definition) is 4. The second-order valence-corrected chi connectivity index (χ2v) is 11.6. The summed E-state index contributed by atoms with van der Waals surface area (Å²) >= 11 is 13.1. The minimum Gasteiger partial charge on any atom is -0.481 e. The van der Waals surface area contributed by atoms with Crippen LogP contribution in [0.25, 0.3) is 0 Å². The van der Waals surface area contributed by atoms with E-state index in [4.69, 9.17) is 28.3 Å². The van der Waals surface area contributed by atoms with Crippen LogP contribution in [-0.2, 0) is 22.4 Å². The van der Waals surface area contributed by atoms with Gasteiger partial charge in [-0.25, -0.2) is 0 Å². The lowest BCUT2D eigenvalue weighted by Crippen LogP contribution is -2.57. The van der Waals surface area contributed by atoms with Gasteiger partial charge in [0.1, 0.15) is 0 Å². The molecule has 1 aliphatic heterocycles. The third-order valence-electron chi connectivity index (χ3n) is 8.10. The molecule has 1 unspecified atom stereocenters. The normalized spacial score (nSPS) is 20.5. The molecule has 0 saturated heterocycles. The highest BCUT2D eigenvalue weighted by Gasteiger charge is 2.50. The molecule has 0 saturated carbocycles. The van der Waals surface area contributed by atoms with E-state index in [0.717, 1.165) is 11.1 Å². The van der Waals surface area contributed by atoms with Crippen molar-refractivity contribution in [2.75, 3.05) is 13.2 Å². The van der Waals surface area contributed by atoms with Crippen molar-refractivity contribution < 1.29 is 24.6 Å². The van der Waals surface area contributed by atoms with Crippen molar-refractivity contribution in [3.05, 3.63) is 129 Å². The zero-order valence-electron chi connectivity index (χ0n) is 23.3. The number of halogens is 2. The number of carbonyl (C=O) groups is 3. The molecule has 222 valence electrons. The summed E-state index contributed by atoms with van der Waals surface area (Å²) in [7, 11) is 0. The fourth-order valence-corrected chi connectivity index (χ4v) is 6.67. The zero-order valence-corrected chi connectivity index (χ0v) is 24.8. The summed E-state index contributed by atoms with van der Waals surface area (Å²) in [5.41, 5.74) is 3.42. The SMILES string of the molecule is O=C(O)Cc1ccc(CCNC(=O)[C@H]2c3ccccc3C(=O)N([C@H](CO)c3ccccc3)[C@@H]2C2CC=C(Cl)C=C2Cl)cc1. The van der Waals surface area contributed by atoms with Crippen molar-refractivity contribution in [2.45, 2.75) is 37.3 Å². The number of benzene rings is 3. The van der Waals surface area contributed by atoms with Crippen molar-refractivity contribution in [2.24, 2.45) is 5.92 Å². The van der Waals surface area contributed by atoms with Gasteiger partial charge in [0.25, 0.3) is 5.91 Å². The second kappa shape index (κ2) is 13.6. The van der Waals surface area contributed by atoms with Crippen molar-refractivity contribution in [3.63, 3.8) is 0 Å². The Morgan fingerprint density at radius 3 is 2.30 bits per heavy atom. The smallest absolute Gasteiger partial charge is 0.307 e. The Kier molecular flexibility index (Phi) is 9.65. The maximum Gasteiger partial charge on any atom is 0.307 e. The van der Waals surface area contributed by atoms with E-state index in [-0.39, 0.29) is 24.8 Å². The molecule has 9 heteroatoms. The summed E-state index contributed by atoms with van der Waals surface area (Å²) in [4.78, 5) is 41.0. The molecule has 2 amide bonds. The molecule has 43 heavy (non-hydrogen) atoms. The van der Waals surface area contributed by atoms with Crippen molar-refractivity contribution in [1.82, 2.24) is 10.2 Å². The topological polar surface area (TPSA) is 107 Å². The summed E-state index contributed by atoms with van der Waals surface area (Å²) < 4.78 is 0. The van der Waals surface area contributed by atoms with Gasteiger partial charge in [-0.2, -0.15) is 0 Å². The lowest BCUT2D eigenvalue weighted by molar-refractivity contribution is -0.136. The van der Waals surface area contributed by atoms with Crippen molar-refractivity contribution in [3.8, 4) is 0 Å². The molecular formula is C34H32Cl2N2O5. The largest absolute Gasteiger partial charge is 0.481 e. The van der Waals surface area contributed by atoms with E-state index < -0.39 is 29.9 Å². The van der Waals surface area contributed by atoms with Gasteiger partial charge < -0.3 is 20.4 Å². The first-order valence-electron chi connectivity index (χ1n) is 14.2. The molecule has 3 aromatic carbocycles. The number of nitrogens with zero attached hydrogens (tertiary/aromatic N) is 1. The summed E-state index contributed by atoms with van der Waals surface area (Å²) in [6, 6.07) is 22.2. The molecular weight excluding hydrogens is 587 g/mol. The number of rotatable bonds is 10. The Hall–Kier alpha value is -3.91. The van der Waals surface area contributed by atoms with Crippen LogP contribution >= 0.6 is 23.2 Å². The van der Waals surface area contributed by atoms with E-state index in [1.807, 2.05) is 60.7 Å². The van der Waals surface area contributed by atoms with Crippen LogP contribution in [-0.4, -0.2) is 52.1 Å². The van der Waals surface area contributed by atoms with E-state index in [9.17, 15) is 19.5 Å². The van der Waals surface area contributed by atoms with Gasteiger partial charge in [-0.3, -0.25) is 14.4 Å². The molecule has 0 spiro atoms. The highest BCUT2D eigenvalue weighted by Crippen LogP contribution is 2.46. The standard InChI is InChI=1S/C34H32Cl2N2O5/c35-24-14-15-27(28(36)19-24)32-31(33(42)37-17-16-21-10-12-22(13-11-21)18-30(40)41)25-8-4-5-9-26(25)34(43)38(32)29(20-39)23-6-2-1-3-7-23/h1-14,19,27,29,31-32,39H,15-18,20H2,(H,37,42)(H,40,41)/t27?,29-,31+,32-/m1/s1. The highest BCUT2D eigenvalue weighted by molar-refractivity contribution is 6.35. The number of hydrogen-bond donors (Lipinski definition) is 3. The number of aliphatic hydroxyl groups excluding tert-OH is 1. The maximum atomic E-state index is 14.2. The zero-order chi connectivity index (χ0) is 30.5. The number of carboxylic acids is 1. The monoisotopic (exact) mass is 618 g/mol. The van der Waals surface area contributed by atoms with E-state index in [1.54, 1.807) is 35.2 Å². The number of carbonyl (C=O) groups excluding carboxylic acids is 2.